The van der Waals surface area contributed by atoms with E-state index in [2.05, 4.69) is 15.5 Å². The largest absolute Gasteiger partial charge is 0.493 e. The third kappa shape index (κ3) is 5.40. The predicted molar refractivity (Wildman–Crippen MR) is 107 cm³/mol. The molecule has 1 aromatic heterocycles. The molecule has 146 valence electrons. The van der Waals surface area contributed by atoms with Crippen molar-refractivity contribution < 1.29 is 18.7 Å². The number of benzene rings is 2. The molecular weight excluding hydrogens is 402 g/mol. The van der Waals surface area contributed by atoms with Gasteiger partial charge in [-0.1, -0.05) is 29.4 Å². The van der Waals surface area contributed by atoms with Gasteiger partial charge in [0.2, 0.25) is 11.8 Å². The van der Waals surface area contributed by atoms with E-state index in [4.69, 9.17) is 25.5 Å². The molecule has 0 atom stereocenters. The van der Waals surface area contributed by atoms with Crippen LogP contribution in [0.15, 0.2) is 52.1 Å². The molecule has 0 aliphatic heterocycles. The summed E-state index contributed by atoms with van der Waals surface area (Å²) < 4.78 is 16.1. The van der Waals surface area contributed by atoms with E-state index in [1.165, 1.54) is 11.8 Å². The summed E-state index contributed by atoms with van der Waals surface area (Å²) in [6.45, 7) is 0. The van der Waals surface area contributed by atoms with E-state index in [0.29, 0.717) is 39.7 Å². The van der Waals surface area contributed by atoms with Crippen LogP contribution in [0.25, 0.3) is 0 Å². The number of ether oxygens (including phenoxy) is 2. The van der Waals surface area contributed by atoms with Gasteiger partial charge in [0.25, 0.3) is 5.22 Å². The average molecular weight is 420 g/mol. The quantitative estimate of drug-likeness (QED) is 0.551. The van der Waals surface area contributed by atoms with Crippen molar-refractivity contribution in [2.75, 3.05) is 25.3 Å². The lowest BCUT2D eigenvalue weighted by atomic mass is 10.1. The molecule has 0 fully saturated rings. The first-order chi connectivity index (χ1) is 13.6. The van der Waals surface area contributed by atoms with Crippen molar-refractivity contribution in [2.24, 2.45) is 0 Å². The number of thioether (sulfide) groups is 1. The number of rotatable bonds is 8. The second-order valence-electron chi connectivity index (χ2n) is 5.67. The first-order valence-corrected chi connectivity index (χ1v) is 9.65. The molecule has 0 bridgehead atoms. The molecule has 0 spiro atoms. The molecular formula is C19H18ClN3O4S. The SMILES string of the molecule is COc1ccc(Cc2nnc(SCC(=O)Nc3ccc(Cl)cc3)o2)cc1OC. The summed E-state index contributed by atoms with van der Waals surface area (Å²) in [5.41, 5.74) is 1.62. The molecule has 0 radical (unpaired) electrons. The molecule has 1 N–H and O–H groups in total. The number of anilines is 1. The second-order valence-corrected chi connectivity index (χ2v) is 7.03. The summed E-state index contributed by atoms with van der Waals surface area (Å²) in [6.07, 6.45) is 0.449. The minimum Gasteiger partial charge on any atom is -0.493 e. The fourth-order valence-corrected chi connectivity index (χ4v) is 3.10. The number of hydrogen-bond acceptors (Lipinski definition) is 7. The average Bonchev–Trinajstić information content (AvgIpc) is 3.15. The summed E-state index contributed by atoms with van der Waals surface area (Å²) >= 11 is 7.00. The zero-order valence-electron chi connectivity index (χ0n) is 15.3. The summed E-state index contributed by atoms with van der Waals surface area (Å²) in [5.74, 6) is 1.72. The fourth-order valence-electron chi connectivity index (χ4n) is 2.39. The number of aromatic nitrogens is 2. The van der Waals surface area contributed by atoms with Gasteiger partial charge in [0.05, 0.1) is 26.4 Å². The monoisotopic (exact) mass is 419 g/mol. The Labute approximate surface area is 171 Å². The third-order valence-corrected chi connectivity index (χ3v) is 4.78. The van der Waals surface area contributed by atoms with Crippen LogP contribution >= 0.6 is 23.4 Å². The third-order valence-electron chi connectivity index (χ3n) is 3.71. The Balaban J connectivity index is 1.54. The van der Waals surface area contributed by atoms with Crippen LogP contribution in [-0.4, -0.2) is 36.1 Å². The zero-order valence-corrected chi connectivity index (χ0v) is 16.8. The van der Waals surface area contributed by atoms with Crippen LogP contribution in [0.2, 0.25) is 5.02 Å². The summed E-state index contributed by atoms with van der Waals surface area (Å²) in [6, 6.07) is 12.5. The molecule has 0 saturated carbocycles. The van der Waals surface area contributed by atoms with Crippen molar-refractivity contribution in [3.63, 3.8) is 0 Å². The van der Waals surface area contributed by atoms with Crippen LogP contribution in [0.5, 0.6) is 11.5 Å². The number of hydrogen-bond donors (Lipinski definition) is 1. The number of halogens is 1. The number of carbonyl (C=O) groups excluding carboxylic acids is 1. The molecule has 9 heteroatoms. The first kappa shape index (κ1) is 20.0. The van der Waals surface area contributed by atoms with E-state index < -0.39 is 0 Å². The first-order valence-electron chi connectivity index (χ1n) is 8.29. The molecule has 1 amide bonds. The molecule has 0 unspecified atom stereocenters. The fraction of sp³-hybridized carbons (Fsp3) is 0.211. The lowest BCUT2D eigenvalue weighted by molar-refractivity contribution is -0.113. The van der Waals surface area contributed by atoms with Crippen LogP contribution < -0.4 is 14.8 Å². The number of nitrogens with zero attached hydrogens (tertiary/aromatic N) is 2. The Morgan fingerprint density at radius 1 is 1.11 bits per heavy atom. The van der Waals surface area contributed by atoms with Crippen molar-refractivity contribution in [1.82, 2.24) is 10.2 Å². The number of carbonyl (C=O) groups is 1. The van der Waals surface area contributed by atoms with Crippen LogP contribution in [0.4, 0.5) is 5.69 Å². The Morgan fingerprint density at radius 3 is 2.57 bits per heavy atom. The van der Waals surface area contributed by atoms with Gasteiger partial charge in [0.1, 0.15) is 0 Å². The highest BCUT2D eigenvalue weighted by Crippen LogP contribution is 2.28. The molecule has 7 nitrogen and oxygen atoms in total. The van der Waals surface area contributed by atoms with Gasteiger partial charge < -0.3 is 19.2 Å². The number of nitrogens with one attached hydrogen (secondary N) is 1. The predicted octanol–water partition coefficient (Wildman–Crippen LogP) is 4.06. The van der Waals surface area contributed by atoms with E-state index in [1.54, 1.807) is 38.5 Å². The van der Waals surface area contributed by atoms with Gasteiger partial charge in [-0.3, -0.25) is 4.79 Å². The minimum absolute atomic E-state index is 0.153. The molecule has 0 aliphatic rings. The van der Waals surface area contributed by atoms with Gasteiger partial charge in [-0.2, -0.15) is 0 Å². The summed E-state index contributed by atoms with van der Waals surface area (Å²) in [7, 11) is 3.17. The van der Waals surface area contributed by atoms with Gasteiger partial charge in [0, 0.05) is 10.7 Å². The summed E-state index contributed by atoms with van der Waals surface area (Å²) in [5, 5.41) is 11.7. The highest BCUT2D eigenvalue weighted by molar-refractivity contribution is 7.99. The molecule has 0 saturated heterocycles. The van der Waals surface area contributed by atoms with Crippen molar-refractivity contribution in [2.45, 2.75) is 11.6 Å². The maximum absolute atomic E-state index is 12.0. The molecule has 2 aromatic carbocycles. The van der Waals surface area contributed by atoms with E-state index >= 15 is 0 Å². The molecule has 0 aliphatic carbocycles. The topological polar surface area (TPSA) is 86.5 Å². The maximum Gasteiger partial charge on any atom is 0.277 e. The lowest BCUT2D eigenvalue weighted by Crippen LogP contribution is -2.13. The van der Waals surface area contributed by atoms with Gasteiger partial charge in [-0.05, 0) is 42.0 Å². The standard InChI is InChI=1S/C19H18ClN3O4S/c1-25-15-8-3-12(9-16(15)26-2)10-18-22-23-19(27-18)28-11-17(24)21-14-6-4-13(20)5-7-14/h3-9H,10-11H2,1-2H3,(H,21,24). The maximum atomic E-state index is 12.0. The molecule has 1 heterocycles. The van der Waals surface area contributed by atoms with Gasteiger partial charge in [0.15, 0.2) is 11.5 Å². The normalized spacial score (nSPS) is 10.5. The van der Waals surface area contributed by atoms with Crippen LogP contribution in [-0.2, 0) is 11.2 Å². The van der Waals surface area contributed by atoms with Gasteiger partial charge >= 0.3 is 0 Å². The highest BCUT2D eigenvalue weighted by atomic mass is 35.5. The van der Waals surface area contributed by atoms with E-state index in [0.717, 1.165) is 5.56 Å². The van der Waals surface area contributed by atoms with Crippen molar-refractivity contribution >= 4 is 35.0 Å². The Bertz CT molecular complexity index is 947. The van der Waals surface area contributed by atoms with Crippen molar-refractivity contribution in [1.29, 1.82) is 0 Å². The van der Waals surface area contributed by atoms with Gasteiger partial charge in [-0.15, -0.1) is 10.2 Å². The Kier molecular flexibility index (Phi) is 6.78. The molecule has 28 heavy (non-hydrogen) atoms. The molecule has 3 aromatic rings. The van der Waals surface area contributed by atoms with E-state index in [1.807, 2.05) is 18.2 Å². The van der Waals surface area contributed by atoms with E-state index in [9.17, 15) is 4.79 Å². The highest BCUT2D eigenvalue weighted by Gasteiger charge is 2.12. The minimum atomic E-state index is -0.174. The van der Waals surface area contributed by atoms with Crippen LogP contribution in [0.3, 0.4) is 0 Å². The zero-order chi connectivity index (χ0) is 19.9. The lowest BCUT2D eigenvalue weighted by Gasteiger charge is -2.08. The van der Waals surface area contributed by atoms with Crippen molar-refractivity contribution in [3.05, 3.63) is 58.9 Å². The number of amides is 1. The van der Waals surface area contributed by atoms with Crippen LogP contribution in [0, 0.1) is 0 Å². The number of methoxy groups -OCH3 is 2. The second kappa shape index (κ2) is 9.48. The van der Waals surface area contributed by atoms with Gasteiger partial charge in [-0.25, -0.2) is 0 Å². The Hall–Kier alpha value is -2.71. The van der Waals surface area contributed by atoms with E-state index in [-0.39, 0.29) is 11.7 Å². The summed E-state index contributed by atoms with van der Waals surface area (Å²) in [4.78, 5) is 12.0. The van der Waals surface area contributed by atoms with Crippen molar-refractivity contribution in [3.8, 4) is 11.5 Å². The smallest absolute Gasteiger partial charge is 0.277 e. The molecule has 3 rings (SSSR count). The van der Waals surface area contributed by atoms with Crippen LogP contribution in [0.1, 0.15) is 11.5 Å². The Morgan fingerprint density at radius 2 is 1.86 bits per heavy atom.